The van der Waals surface area contributed by atoms with Crippen LogP contribution in [0.2, 0.25) is 0 Å². The fourth-order valence-corrected chi connectivity index (χ4v) is 2.50. The number of carbonyl (C=O) groups is 1. The summed E-state index contributed by atoms with van der Waals surface area (Å²) in [6.07, 6.45) is 0.124. The standard InChI is InChI=1S/C22H39N5O3/c1-17(2)30-19-10-8-18(9-11-19)25-21(23-12-13-27(6)14-15-29-7)24-16-20(28)26-22(3,4)5/h8-11,17H,12-16H2,1-7H3,(H,26,28)(H2,23,24,25). The third kappa shape index (κ3) is 12.3. The molecule has 0 saturated heterocycles. The highest BCUT2D eigenvalue weighted by Crippen LogP contribution is 2.16. The van der Waals surface area contributed by atoms with E-state index in [9.17, 15) is 4.79 Å². The lowest BCUT2D eigenvalue weighted by Gasteiger charge is -2.20. The average Bonchev–Trinajstić information content (AvgIpc) is 2.64. The topological polar surface area (TPSA) is 87.2 Å². The van der Waals surface area contributed by atoms with Crippen molar-refractivity contribution in [2.75, 3.05) is 52.3 Å². The van der Waals surface area contributed by atoms with Gasteiger partial charge >= 0.3 is 0 Å². The van der Waals surface area contributed by atoms with E-state index in [-0.39, 0.29) is 24.1 Å². The van der Waals surface area contributed by atoms with Gasteiger partial charge in [0.25, 0.3) is 0 Å². The maximum absolute atomic E-state index is 12.2. The first-order valence-corrected chi connectivity index (χ1v) is 10.4. The summed E-state index contributed by atoms with van der Waals surface area (Å²) in [4.78, 5) is 18.8. The van der Waals surface area contributed by atoms with Crippen LogP contribution < -0.4 is 20.7 Å². The van der Waals surface area contributed by atoms with Gasteiger partial charge in [0.1, 0.15) is 12.3 Å². The number of methoxy groups -OCH3 is 1. The molecule has 1 amide bonds. The Morgan fingerprint density at radius 1 is 1.17 bits per heavy atom. The largest absolute Gasteiger partial charge is 0.491 e. The van der Waals surface area contributed by atoms with E-state index in [2.05, 4.69) is 25.8 Å². The van der Waals surface area contributed by atoms with E-state index in [1.807, 2.05) is 65.9 Å². The second-order valence-electron chi connectivity index (χ2n) is 8.50. The van der Waals surface area contributed by atoms with Crippen molar-refractivity contribution in [1.29, 1.82) is 0 Å². The van der Waals surface area contributed by atoms with Crippen molar-refractivity contribution in [2.45, 2.75) is 46.3 Å². The predicted octanol–water partition coefficient (Wildman–Crippen LogP) is 2.32. The highest BCUT2D eigenvalue weighted by molar-refractivity contribution is 5.95. The maximum Gasteiger partial charge on any atom is 0.242 e. The summed E-state index contributed by atoms with van der Waals surface area (Å²) in [5.74, 6) is 1.24. The van der Waals surface area contributed by atoms with Gasteiger partial charge in [0.05, 0.1) is 12.7 Å². The zero-order valence-electron chi connectivity index (χ0n) is 19.5. The molecule has 1 aromatic rings. The van der Waals surface area contributed by atoms with Gasteiger partial charge in [-0.2, -0.15) is 0 Å². The molecule has 0 aromatic heterocycles. The molecule has 0 unspecified atom stereocenters. The lowest BCUT2D eigenvalue weighted by atomic mass is 10.1. The van der Waals surface area contributed by atoms with Gasteiger partial charge in [-0.05, 0) is 65.9 Å². The van der Waals surface area contributed by atoms with E-state index in [0.717, 1.165) is 24.5 Å². The normalized spacial score (nSPS) is 12.2. The maximum atomic E-state index is 12.2. The van der Waals surface area contributed by atoms with Gasteiger partial charge in [0.15, 0.2) is 5.96 Å². The van der Waals surface area contributed by atoms with Gasteiger partial charge in [0, 0.05) is 38.0 Å². The average molecular weight is 422 g/mol. The Labute approximate surface area is 181 Å². The number of benzene rings is 1. The van der Waals surface area contributed by atoms with Crippen LogP contribution in [0.3, 0.4) is 0 Å². The SMILES string of the molecule is COCCN(C)CCNC(=NCC(=O)NC(C)(C)C)Nc1ccc(OC(C)C)cc1. The lowest BCUT2D eigenvalue weighted by Crippen LogP contribution is -2.43. The second-order valence-corrected chi connectivity index (χ2v) is 8.50. The van der Waals surface area contributed by atoms with E-state index in [0.29, 0.717) is 19.1 Å². The Bertz CT molecular complexity index is 654. The van der Waals surface area contributed by atoms with Crippen LogP contribution in [0.15, 0.2) is 29.3 Å². The molecular formula is C22H39N5O3. The molecule has 0 atom stereocenters. The summed E-state index contributed by atoms with van der Waals surface area (Å²) < 4.78 is 10.8. The van der Waals surface area contributed by atoms with Crippen LogP contribution in [0.5, 0.6) is 5.75 Å². The van der Waals surface area contributed by atoms with Crippen molar-refractivity contribution in [3.05, 3.63) is 24.3 Å². The molecule has 170 valence electrons. The van der Waals surface area contributed by atoms with Gasteiger partial charge in [-0.1, -0.05) is 0 Å². The molecule has 3 N–H and O–H groups in total. The molecule has 1 rings (SSSR count). The van der Waals surface area contributed by atoms with Crippen molar-refractivity contribution in [3.8, 4) is 5.75 Å². The summed E-state index contributed by atoms with van der Waals surface area (Å²) in [5, 5.41) is 9.46. The number of hydrogen-bond donors (Lipinski definition) is 3. The number of nitrogens with one attached hydrogen (secondary N) is 3. The molecular weight excluding hydrogens is 382 g/mol. The molecule has 1 aromatic carbocycles. The molecule has 0 radical (unpaired) electrons. The summed E-state index contributed by atoms with van der Waals surface area (Å²) >= 11 is 0. The van der Waals surface area contributed by atoms with Gasteiger partial charge in [0.2, 0.25) is 5.91 Å². The summed E-state index contributed by atoms with van der Waals surface area (Å²) in [7, 11) is 3.73. The monoisotopic (exact) mass is 421 g/mol. The summed E-state index contributed by atoms with van der Waals surface area (Å²) in [6.45, 7) is 12.9. The molecule has 0 heterocycles. The van der Waals surface area contributed by atoms with Crippen molar-refractivity contribution in [2.24, 2.45) is 4.99 Å². The van der Waals surface area contributed by atoms with Crippen LogP contribution in [-0.2, 0) is 9.53 Å². The van der Waals surface area contributed by atoms with Crippen molar-refractivity contribution in [1.82, 2.24) is 15.5 Å². The molecule has 0 aliphatic carbocycles. The van der Waals surface area contributed by atoms with E-state index in [4.69, 9.17) is 9.47 Å². The van der Waals surface area contributed by atoms with Crippen LogP contribution in [0.4, 0.5) is 5.69 Å². The van der Waals surface area contributed by atoms with Crippen molar-refractivity contribution >= 4 is 17.6 Å². The molecule has 8 nitrogen and oxygen atoms in total. The lowest BCUT2D eigenvalue weighted by molar-refractivity contribution is -0.121. The van der Waals surface area contributed by atoms with E-state index in [1.165, 1.54) is 0 Å². The fourth-order valence-electron chi connectivity index (χ4n) is 2.50. The number of amides is 1. The zero-order chi connectivity index (χ0) is 22.6. The Hall–Kier alpha value is -2.32. The van der Waals surface area contributed by atoms with E-state index >= 15 is 0 Å². The first-order valence-electron chi connectivity index (χ1n) is 10.4. The Balaban J connectivity index is 2.73. The third-order valence-corrected chi connectivity index (χ3v) is 3.85. The van der Waals surface area contributed by atoms with Crippen LogP contribution in [0.25, 0.3) is 0 Å². The quantitative estimate of drug-likeness (QED) is 0.376. The zero-order valence-corrected chi connectivity index (χ0v) is 19.5. The number of nitrogens with zero attached hydrogens (tertiary/aromatic N) is 2. The first kappa shape index (κ1) is 25.7. The van der Waals surface area contributed by atoms with Crippen LogP contribution >= 0.6 is 0 Å². The minimum Gasteiger partial charge on any atom is -0.491 e. The van der Waals surface area contributed by atoms with E-state index in [1.54, 1.807) is 7.11 Å². The minimum absolute atomic E-state index is 0.0423. The fraction of sp³-hybridized carbons (Fsp3) is 0.636. The summed E-state index contributed by atoms with van der Waals surface area (Å²) in [5.41, 5.74) is 0.575. The molecule has 30 heavy (non-hydrogen) atoms. The van der Waals surface area contributed by atoms with Gasteiger partial charge in [-0.25, -0.2) is 4.99 Å². The van der Waals surface area contributed by atoms with E-state index < -0.39 is 0 Å². The van der Waals surface area contributed by atoms with Gasteiger partial charge < -0.3 is 30.3 Å². The highest BCUT2D eigenvalue weighted by Gasteiger charge is 2.13. The van der Waals surface area contributed by atoms with Crippen molar-refractivity contribution < 1.29 is 14.3 Å². The first-order chi connectivity index (χ1) is 14.1. The molecule has 0 spiro atoms. The molecule has 0 fully saturated rings. The molecule has 8 heteroatoms. The number of rotatable bonds is 11. The van der Waals surface area contributed by atoms with Crippen molar-refractivity contribution in [3.63, 3.8) is 0 Å². The molecule has 0 bridgehead atoms. The van der Waals surface area contributed by atoms with Crippen LogP contribution in [0, 0.1) is 0 Å². The highest BCUT2D eigenvalue weighted by atomic mass is 16.5. The predicted molar refractivity (Wildman–Crippen MR) is 123 cm³/mol. The number of aliphatic imine (C=N–C) groups is 1. The Morgan fingerprint density at radius 2 is 1.83 bits per heavy atom. The molecule has 0 saturated carbocycles. The number of carbonyl (C=O) groups excluding carboxylic acids is 1. The number of hydrogen-bond acceptors (Lipinski definition) is 5. The van der Waals surface area contributed by atoms with Gasteiger partial charge in [-0.3, -0.25) is 4.79 Å². The van der Waals surface area contributed by atoms with Crippen LogP contribution in [0.1, 0.15) is 34.6 Å². The van der Waals surface area contributed by atoms with Crippen LogP contribution in [-0.4, -0.2) is 75.4 Å². The smallest absolute Gasteiger partial charge is 0.242 e. The van der Waals surface area contributed by atoms with Gasteiger partial charge in [-0.15, -0.1) is 0 Å². The molecule has 0 aliphatic rings. The Morgan fingerprint density at radius 3 is 2.40 bits per heavy atom. The molecule has 0 aliphatic heterocycles. The second kappa shape index (κ2) is 13.1. The Kier molecular flexibility index (Phi) is 11.2. The third-order valence-electron chi connectivity index (χ3n) is 3.85. The minimum atomic E-state index is -0.288. The number of guanidine groups is 1. The summed E-state index contributed by atoms with van der Waals surface area (Å²) in [6, 6.07) is 7.67. The number of ether oxygens (including phenoxy) is 2. The number of likely N-dealkylation sites (N-methyl/N-ethyl adjacent to an activating group) is 1. The number of anilines is 1.